The number of carbonyl (C=O) groups is 2. The summed E-state index contributed by atoms with van der Waals surface area (Å²) >= 11 is 6.21. The first-order valence-electron chi connectivity index (χ1n) is 10.3. The fraction of sp³-hybridized carbons (Fsp3) is 0. The van der Waals surface area contributed by atoms with Crippen molar-refractivity contribution in [3.8, 4) is 28.3 Å². The molecule has 5 aromatic rings. The van der Waals surface area contributed by atoms with Crippen LogP contribution in [0.1, 0.15) is 10.4 Å². The summed E-state index contributed by atoms with van der Waals surface area (Å²) < 4.78 is 20.0. The molecule has 0 radical (unpaired) electrons. The molecule has 0 fully saturated rings. The van der Waals surface area contributed by atoms with E-state index in [1.165, 1.54) is 12.3 Å². The first kappa shape index (κ1) is 22.2. The van der Waals surface area contributed by atoms with Crippen LogP contribution < -0.4 is 10.1 Å². The summed E-state index contributed by atoms with van der Waals surface area (Å²) in [5.41, 5.74) is 3.40. The van der Waals surface area contributed by atoms with Crippen LogP contribution in [-0.2, 0) is 4.79 Å². The highest BCUT2D eigenvalue weighted by Gasteiger charge is 2.19. The first-order chi connectivity index (χ1) is 17.0. The normalized spacial score (nSPS) is 10.8. The summed E-state index contributed by atoms with van der Waals surface area (Å²) in [7, 11) is 0. The summed E-state index contributed by atoms with van der Waals surface area (Å²) in [6.07, 6.45) is 3.18. The van der Waals surface area contributed by atoms with Crippen molar-refractivity contribution in [2.24, 2.45) is 0 Å². The number of rotatable bonds is 6. The van der Waals surface area contributed by atoms with Crippen LogP contribution in [0.5, 0.6) is 5.75 Å². The molecular formula is C25H15ClFN5O3. The minimum Gasteiger partial charge on any atom is -0.428 e. The second-order valence-corrected chi connectivity index (χ2v) is 7.79. The van der Waals surface area contributed by atoms with E-state index in [1.807, 2.05) is 18.2 Å². The van der Waals surface area contributed by atoms with Crippen LogP contribution in [0.15, 0.2) is 79.1 Å². The Kier molecular flexibility index (Phi) is 5.90. The summed E-state index contributed by atoms with van der Waals surface area (Å²) in [5.74, 6) is -1.26. The second-order valence-electron chi connectivity index (χ2n) is 7.35. The van der Waals surface area contributed by atoms with E-state index in [0.717, 1.165) is 17.7 Å². The second kappa shape index (κ2) is 9.32. The molecule has 5 rings (SSSR count). The molecule has 0 aliphatic heterocycles. The predicted octanol–water partition coefficient (Wildman–Crippen LogP) is 5.04. The first-order valence-corrected chi connectivity index (χ1v) is 10.7. The molecule has 1 amide bonds. The van der Waals surface area contributed by atoms with E-state index >= 15 is 0 Å². The van der Waals surface area contributed by atoms with Gasteiger partial charge in [0.25, 0.3) is 12.4 Å². The Morgan fingerprint density at radius 1 is 1.03 bits per heavy atom. The van der Waals surface area contributed by atoms with E-state index in [0.29, 0.717) is 27.6 Å². The number of hydrogen-bond donors (Lipinski definition) is 1. The van der Waals surface area contributed by atoms with Gasteiger partial charge < -0.3 is 10.1 Å². The molecular weight excluding hydrogens is 473 g/mol. The molecule has 10 heteroatoms. The van der Waals surface area contributed by atoms with Crippen molar-refractivity contribution in [3.63, 3.8) is 0 Å². The van der Waals surface area contributed by atoms with Crippen LogP contribution in [0.25, 0.3) is 28.2 Å². The van der Waals surface area contributed by atoms with Crippen molar-refractivity contribution in [1.82, 2.24) is 19.6 Å². The lowest BCUT2D eigenvalue weighted by Crippen LogP contribution is -2.14. The number of halogens is 2. The van der Waals surface area contributed by atoms with Gasteiger partial charge in [-0.15, -0.1) is 0 Å². The van der Waals surface area contributed by atoms with Gasteiger partial charge in [-0.2, -0.15) is 5.10 Å². The Labute approximate surface area is 203 Å². The van der Waals surface area contributed by atoms with E-state index in [9.17, 15) is 14.0 Å². The highest BCUT2D eigenvalue weighted by Crippen LogP contribution is 2.34. The lowest BCUT2D eigenvalue weighted by atomic mass is 10.1. The molecule has 8 nitrogen and oxygen atoms in total. The van der Waals surface area contributed by atoms with Gasteiger partial charge in [-0.3, -0.25) is 9.59 Å². The summed E-state index contributed by atoms with van der Waals surface area (Å²) in [6, 6.07) is 17.6. The van der Waals surface area contributed by atoms with Crippen molar-refractivity contribution >= 4 is 35.4 Å². The van der Waals surface area contributed by atoms with E-state index in [-0.39, 0.29) is 23.6 Å². The Balaban J connectivity index is 1.56. The Hall–Kier alpha value is -4.63. The topological polar surface area (TPSA) is 98.5 Å². The zero-order valence-corrected chi connectivity index (χ0v) is 18.6. The van der Waals surface area contributed by atoms with Crippen molar-refractivity contribution in [3.05, 3.63) is 95.5 Å². The number of amides is 1. The summed E-state index contributed by atoms with van der Waals surface area (Å²) in [5, 5.41) is 7.65. The van der Waals surface area contributed by atoms with Crippen molar-refractivity contribution < 1.29 is 18.7 Å². The van der Waals surface area contributed by atoms with E-state index in [4.69, 9.17) is 21.3 Å². The number of pyridine rings is 1. The lowest BCUT2D eigenvalue weighted by Gasteiger charge is -2.10. The van der Waals surface area contributed by atoms with Gasteiger partial charge in [-0.05, 0) is 48.5 Å². The fourth-order valence-corrected chi connectivity index (χ4v) is 3.84. The third kappa shape index (κ3) is 4.44. The molecule has 0 saturated heterocycles. The molecule has 3 aromatic heterocycles. The summed E-state index contributed by atoms with van der Waals surface area (Å²) in [6.45, 7) is 0.125. The maximum absolute atomic E-state index is 13.5. The monoisotopic (exact) mass is 487 g/mol. The molecule has 2 aromatic carbocycles. The van der Waals surface area contributed by atoms with Gasteiger partial charge in [0.15, 0.2) is 5.65 Å². The van der Waals surface area contributed by atoms with Crippen LogP contribution in [0.4, 0.5) is 10.2 Å². The third-order valence-corrected chi connectivity index (χ3v) is 5.36. The lowest BCUT2D eigenvalue weighted by molar-refractivity contribution is -0.120. The quantitative estimate of drug-likeness (QED) is 0.337. The minimum absolute atomic E-state index is 0.0261. The fourth-order valence-electron chi connectivity index (χ4n) is 3.65. The molecule has 3 heterocycles. The summed E-state index contributed by atoms with van der Waals surface area (Å²) in [4.78, 5) is 32.5. The Morgan fingerprint density at radius 3 is 2.74 bits per heavy atom. The minimum atomic E-state index is -0.646. The number of nitrogens with one attached hydrogen (secondary N) is 1. The van der Waals surface area contributed by atoms with Gasteiger partial charge in [0.2, 0.25) is 0 Å². The number of anilines is 1. The molecule has 0 aliphatic rings. The predicted molar refractivity (Wildman–Crippen MR) is 128 cm³/mol. The van der Waals surface area contributed by atoms with E-state index < -0.39 is 11.7 Å². The number of imidazole rings is 1. The number of nitrogens with zero attached hydrogens (tertiary/aromatic N) is 4. The zero-order valence-electron chi connectivity index (χ0n) is 17.9. The van der Waals surface area contributed by atoms with Crippen molar-refractivity contribution in [2.75, 3.05) is 5.32 Å². The molecule has 0 atom stereocenters. The van der Waals surface area contributed by atoms with Gasteiger partial charge in [-0.1, -0.05) is 23.7 Å². The Morgan fingerprint density at radius 2 is 1.91 bits per heavy atom. The third-order valence-electron chi connectivity index (χ3n) is 5.13. The molecule has 0 saturated carbocycles. The van der Waals surface area contributed by atoms with Crippen LogP contribution in [0.2, 0.25) is 5.02 Å². The highest BCUT2D eigenvalue weighted by atomic mass is 35.5. The number of carbonyl (C=O) groups excluding carboxylic acids is 2. The zero-order chi connectivity index (χ0) is 24.4. The maximum Gasteiger partial charge on any atom is 0.298 e. The molecule has 0 spiro atoms. The van der Waals surface area contributed by atoms with Gasteiger partial charge >= 0.3 is 0 Å². The largest absolute Gasteiger partial charge is 0.428 e. The van der Waals surface area contributed by atoms with Crippen LogP contribution in [0, 0.1) is 5.82 Å². The molecule has 1 N–H and O–H groups in total. The van der Waals surface area contributed by atoms with Gasteiger partial charge in [-0.25, -0.2) is 18.9 Å². The standard InChI is InChI=1S/C25H15ClFN5O3/c26-17-4-1-3-15(11-17)23-24(32-22(31-23)5-2-9-29-32)16-8-10-28-21(12-16)30-25(34)19-7-6-18(27)13-20(19)35-14-33/h1-14H,(H,28,30,34). The highest BCUT2D eigenvalue weighted by molar-refractivity contribution is 6.30. The number of aromatic nitrogens is 4. The number of ether oxygens (including phenoxy) is 1. The van der Waals surface area contributed by atoms with Crippen LogP contribution in [-0.4, -0.2) is 32.0 Å². The molecule has 0 bridgehead atoms. The SMILES string of the molecule is O=COc1cc(F)ccc1C(=O)Nc1cc(-c2c(-c3cccc(Cl)c3)nc3cccnn23)ccn1. The van der Waals surface area contributed by atoms with Crippen LogP contribution in [0.3, 0.4) is 0 Å². The van der Waals surface area contributed by atoms with Crippen LogP contribution >= 0.6 is 11.6 Å². The molecule has 0 aliphatic carbocycles. The number of hydrogen-bond acceptors (Lipinski definition) is 6. The average molecular weight is 488 g/mol. The van der Waals surface area contributed by atoms with Gasteiger partial charge in [0, 0.05) is 34.6 Å². The van der Waals surface area contributed by atoms with E-state index in [1.54, 1.807) is 41.0 Å². The smallest absolute Gasteiger partial charge is 0.298 e. The van der Waals surface area contributed by atoms with Gasteiger partial charge in [0.1, 0.15) is 23.1 Å². The van der Waals surface area contributed by atoms with Gasteiger partial charge in [0.05, 0.1) is 11.3 Å². The average Bonchev–Trinajstić information content (AvgIpc) is 3.24. The Bertz CT molecular complexity index is 1590. The van der Waals surface area contributed by atoms with Crippen molar-refractivity contribution in [2.45, 2.75) is 0 Å². The number of fused-ring (bicyclic) bond motifs is 1. The molecule has 0 unspecified atom stereocenters. The molecule has 172 valence electrons. The maximum atomic E-state index is 13.5. The number of benzene rings is 2. The molecule has 35 heavy (non-hydrogen) atoms. The van der Waals surface area contributed by atoms with Crippen molar-refractivity contribution in [1.29, 1.82) is 0 Å². The van der Waals surface area contributed by atoms with E-state index in [2.05, 4.69) is 15.4 Å².